The molecular formula is C30H35F3N2O6. The Morgan fingerprint density at radius 1 is 1.07 bits per heavy atom. The summed E-state index contributed by atoms with van der Waals surface area (Å²) < 4.78 is 56.0. The number of ether oxygens (including phenoxy) is 3. The van der Waals surface area contributed by atoms with Crippen LogP contribution in [-0.2, 0) is 27.4 Å². The van der Waals surface area contributed by atoms with Gasteiger partial charge in [-0.05, 0) is 67.4 Å². The van der Waals surface area contributed by atoms with E-state index in [1.54, 1.807) is 18.2 Å². The zero-order chi connectivity index (χ0) is 29.2. The molecule has 41 heavy (non-hydrogen) atoms. The van der Waals surface area contributed by atoms with Crippen LogP contribution >= 0.6 is 0 Å². The maximum atomic E-state index is 13.4. The fourth-order valence-corrected chi connectivity index (χ4v) is 5.74. The van der Waals surface area contributed by atoms with Crippen molar-refractivity contribution in [1.29, 1.82) is 0 Å². The largest absolute Gasteiger partial charge is 0.493 e. The van der Waals surface area contributed by atoms with Crippen LogP contribution in [-0.4, -0.2) is 67.0 Å². The van der Waals surface area contributed by atoms with Crippen molar-refractivity contribution in [1.82, 2.24) is 9.96 Å². The molecule has 11 heteroatoms. The highest BCUT2D eigenvalue weighted by atomic mass is 19.4. The Morgan fingerprint density at radius 3 is 2.54 bits per heavy atom. The summed E-state index contributed by atoms with van der Waals surface area (Å²) in [5, 5.41) is 0.968. The van der Waals surface area contributed by atoms with E-state index in [4.69, 9.17) is 19.0 Å². The Bertz CT molecular complexity index is 1260. The first-order valence-electron chi connectivity index (χ1n) is 13.9. The molecule has 2 aromatic rings. The summed E-state index contributed by atoms with van der Waals surface area (Å²) in [6, 6.07) is 12.1. The lowest BCUT2D eigenvalue weighted by atomic mass is 9.76. The molecule has 0 N–H and O–H groups in total. The van der Waals surface area contributed by atoms with E-state index in [2.05, 4.69) is 18.7 Å². The molecule has 1 atom stereocenters. The number of carbonyl (C=O) groups excluding carboxylic acids is 2. The monoisotopic (exact) mass is 576 g/mol. The van der Waals surface area contributed by atoms with Gasteiger partial charge in [0, 0.05) is 25.1 Å². The number of Topliss-reactive ketones (excluding diaryl/α,β-unsaturated/α-hetero) is 1. The van der Waals surface area contributed by atoms with Crippen LogP contribution in [0.5, 0.6) is 17.2 Å². The Morgan fingerprint density at radius 2 is 1.80 bits per heavy atom. The molecule has 0 radical (unpaired) electrons. The van der Waals surface area contributed by atoms with E-state index in [0.717, 1.165) is 16.4 Å². The van der Waals surface area contributed by atoms with Crippen LogP contribution in [0.25, 0.3) is 0 Å². The Labute approximate surface area is 237 Å². The number of hydrogen-bond donors (Lipinski definition) is 0. The summed E-state index contributed by atoms with van der Waals surface area (Å²) in [7, 11) is 0. The summed E-state index contributed by atoms with van der Waals surface area (Å²) in [5.41, 5.74) is 1.29. The second kappa shape index (κ2) is 11.9. The van der Waals surface area contributed by atoms with Gasteiger partial charge in [0.1, 0.15) is 11.8 Å². The first kappa shape index (κ1) is 29.2. The molecule has 8 nitrogen and oxygen atoms in total. The molecule has 1 unspecified atom stereocenters. The number of fused-ring (bicyclic) bond motifs is 1. The predicted molar refractivity (Wildman–Crippen MR) is 142 cm³/mol. The number of benzene rings is 2. The number of carbonyl (C=O) groups is 2. The van der Waals surface area contributed by atoms with Crippen LogP contribution in [0.3, 0.4) is 0 Å². The van der Waals surface area contributed by atoms with Gasteiger partial charge in [-0.1, -0.05) is 38.1 Å². The number of nitrogens with zero attached hydrogens (tertiary/aromatic N) is 2. The molecule has 0 saturated carbocycles. The van der Waals surface area contributed by atoms with Gasteiger partial charge in [0.05, 0.1) is 6.61 Å². The van der Waals surface area contributed by atoms with Crippen LogP contribution in [0.2, 0.25) is 0 Å². The van der Waals surface area contributed by atoms with Crippen molar-refractivity contribution in [2.75, 3.05) is 33.0 Å². The summed E-state index contributed by atoms with van der Waals surface area (Å²) in [6.45, 7) is 7.05. The van der Waals surface area contributed by atoms with Crippen LogP contribution < -0.4 is 14.2 Å². The predicted octanol–water partition coefficient (Wildman–Crippen LogP) is 4.94. The Hall–Kier alpha value is -3.31. The van der Waals surface area contributed by atoms with Gasteiger partial charge < -0.3 is 19.0 Å². The molecule has 0 bridgehead atoms. The topological polar surface area (TPSA) is 77.5 Å². The highest BCUT2D eigenvalue weighted by Gasteiger charge is 2.52. The van der Waals surface area contributed by atoms with Crippen LogP contribution in [0.4, 0.5) is 13.2 Å². The first-order chi connectivity index (χ1) is 19.5. The average molecular weight is 577 g/mol. The number of piperidine rings is 1. The molecule has 5 rings (SSSR count). The first-order valence-corrected chi connectivity index (χ1v) is 13.9. The molecule has 2 fully saturated rings. The molecular weight excluding hydrogens is 541 g/mol. The lowest BCUT2D eigenvalue weighted by Gasteiger charge is -2.39. The summed E-state index contributed by atoms with van der Waals surface area (Å²) in [5.74, 6) is -0.290. The zero-order valence-corrected chi connectivity index (χ0v) is 23.2. The van der Waals surface area contributed by atoms with Gasteiger partial charge in [0.2, 0.25) is 6.79 Å². The zero-order valence-electron chi connectivity index (χ0n) is 23.2. The molecule has 0 amide bonds. The number of hydroxylamine groups is 2. The van der Waals surface area contributed by atoms with E-state index < -0.39 is 23.6 Å². The minimum absolute atomic E-state index is 0.0310. The highest BCUT2D eigenvalue weighted by molar-refractivity contribution is 5.87. The van der Waals surface area contributed by atoms with Crippen molar-refractivity contribution in [3.05, 3.63) is 53.6 Å². The lowest BCUT2D eigenvalue weighted by molar-refractivity contribution is -0.241. The number of ketones is 1. The second-order valence-electron chi connectivity index (χ2n) is 11.6. The number of likely N-dealkylation sites (tertiary alicyclic amines) is 1. The third-order valence-corrected chi connectivity index (χ3v) is 7.94. The smallest absolute Gasteiger partial charge is 0.492 e. The van der Waals surface area contributed by atoms with Crippen LogP contribution in [0.1, 0.15) is 44.2 Å². The standard InChI is InChI=1S/C30H35F3N2O6/c1-20(2)17-38-25-6-4-3-5-22(25)16-34-11-9-29(10-12-34)15-23(35(18-29)41-28(37)30(31,32)33)24(36)13-21-7-8-26-27(14-21)40-19-39-26/h3-8,14,20,23H,9-13,15-19H2,1-2H3. The minimum Gasteiger partial charge on any atom is -0.493 e. The number of para-hydroxylation sites is 1. The van der Waals surface area contributed by atoms with E-state index in [1.165, 1.54) is 0 Å². The van der Waals surface area contributed by atoms with Crippen molar-refractivity contribution in [2.24, 2.45) is 11.3 Å². The van der Waals surface area contributed by atoms with E-state index in [-0.39, 0.29) is 25.5 Å². The van der Waals surface area contributed by atoms with E-state index in [0.29, 0.717) is 68.5 Å². The summed E-state index contributed by atoms with van der Waals surface area (Å²) in [4.78, 5) is 32.3. The number of hydrogen-bond acceptors (Lipinski definition) is 8. The van der Waals surface area contributed by atoms with Gasteiger partial charge in [-0.25, -0.2) is 4.79 Å². The van der Waals surface area contributed by atoms with Gasteiger partial charge in [-0.2, -0.15) is 13.2 Å². The molecule has 2 saturated heterocycles. The molecule has 3 aliphatic heterocycles. The van der Waals surface area contributed by atoms with E-state index in [1.807, 2.05) is 24.3 Å². The second-order valence-corrected chi connectivity index (χ2v) is 11.6. The Kier molecular flexibility index (Phi) is 8.47. The molecule has 3 aliphatic rings. The lowest BCUT2D eigenvalue weighted by Crippen LogP contribution is -2.43. The minimum atomic E-state index is -5.16. The van der Waals surface area contributed by atoms with Crippen molar-refractivity contribution in [2.45, 2.75) is 58.3 Å². The van der Waals surface area contributed by atoms with Crippen molar-refractivity contribution < 1.29 is 41.8 Å². The fraction of sp³-hybridized carbons (Fsp3) is 0.533. The third kappa shape index (κ3) is 6.95. The molecule has 0 aromatic heterocycles. The van der Waals surface area contributed by atoms with Crippen LogP contribution in [0, 0.1) is 11.3 Å². The molecule has 0 aliphatic carbocycles. The molecule has 1 spiro atoms. The van der Waals surface area contributed by atoms with Crippen molar-refractivity contribution in [3.8, 4) is 17.2 Å². The number of rotatable bonds is 9. The van der Waals surface area contributed by atoms with Gasteiger partial charge in [0.15, 0.2) is 17.3 Å². The van der Waals surface area contributed by atoms with Gasteiger partial charge in [-0.3, -0.25) is 9.69 Å². The van der Waals surface area contributed by atoms with Gasteiger partial charge in [-0.15, -0.1) is 5.06 Å². The quantitative estimate of drug-likeness (QED) is 0.416. The maximum Gasteiger partial charge on any atom is 0.492 e. The van der Waals surface area contributed by atoms with E-state index >= 15 is 0 Å². The van der Waals surface area contributed by atoms with Gasteiger partial charge in [0.25, 0.3) is 0 Å². The summed E-state index contributed by atoms with van der Waals surface area (Å²) in [6.07, 6.45) is -3.54. The molecule has 3 heterocycles. The summed E-state index contributed by atoms with van der Waals surface area (Å²) >= 11 is 0. The maximum absolute atomic E-state index is 13.4. The molecule has 2 aromatic carbocycles. The SMILES string of the molecule is CC(C)COc1ccccc1CN1CCC2(CC1)CC(C(=O)Cc1ccc3c(c1)OCO3)N(OC(=O)C(F)(F)F)C2. The van der Waals surface area contributed by atoms with E-state index in [9.17, 15) is 22.8 Å². The fourth-order valence-electron chi connectivity index (χ4n) is 5.74. The average Bonchev–Trinajstić information content (AvgIpc) is 3.53. The number of alkyl halides is 3. The Balaban J connectivity index is 1.26. The van der Waals surface area contributed by atoms with Crippen LogP contribution in [0.15, 0.2) is 42.5 Å². The molecule has 222 valence electrons. The van der Waals surface area contributed by atoms with Crippen molar-refractivity contribution in [3.63, 3.8) is 0 Å². The van der Waals surface area contributed by atoms with Gasteiger partial charge >= 0.3 is 12.1 Å². The normalized spacial score (nSPS) is 20.5. The number of halogens is 3. The van der Waals surface area contributed by atoms with Crippen molar-refractivity contribution >= 4 is 11.8 Å². The third-order valence-electron chi connectivity index (χ3n) is 7.94. The highest BCUT2D eigenvalue weighted by Crippen LogP contribution is 2.45.